The molecule has 1 aromatic rings. The fourth-order valence-corrected chi connectivity index (χ4v) is 1.41. The van der Waals surface area contributed by atoms with Gasteiger partial charge < -0.3 is 0 Å². The molecule has 0 heterocycles. The number of hydrogen-bond donors (Lipinski definition) is 0. The molecule has 0 spiro atoms. The van der Waals surface area contributed by atoms with Gasteiger partial charge in [-0.05, 0) is 24.3 Å². The van der Waals surface area contributed by atoms with E-state index in [2.05, 4.69) is 4.84 Å². The third kappa shape index (κ3) is 4.77. The van der Waals surface area contributed by atoms with Crippen molar-refractivity contribution in [3.05, 3.63) is 35.9 Å². The molecule has 94 valence electrons. The van der Waals surface area contributed by atoms with Crippen LogP contribution in [0.4, 0.5) is 8.78 Å². The van der Waals surface area contributed by atoms with Gasteiger partial charge >= 0.3 is 6.61 Å². The quantitative estimate of drug-likeness (QED) is 0.687. The van der Waals surface area contributed by atoms with Crippen LogP contribution in [0, 0.1) is 5.92 Å². The van der Waals surface area contributed by atoms with Crippen molar-refractivity contribution in [3.63, 3.8) is 0 Å². The lowest BCUT2D eigenvalue weighted by Gasteiger charge is -2.20. The highest BCUT2D eigenvalue weighted by Crippen LogP contribution is 2.29. The van der Waals surface area contributed by atoms with Crippen LogP contribution in [-0.4, -0.2) is 18.4 Å². The van der Waals surface area contributed by atoms with Crippen LogP contribution >= 0.6 is 0 Å². The molecule has 1 aliphatic carbocycles. The lowest BCUT2D eigenvalue weighted by atomic mass is 10.2. The molecule has 0 amide bonds. The van der Waals surface area contributed by atoms with E-state index in [9.17, 15) is 8.78 Å². The Kier molecular flexibility index (Phi) is 4.42. The SMILES string of the molecule is FC(F)ON(Cc1ccccc1)OCC1CC1. The van der Waals surface area contributed by atoms with Crippen LogP contribution in [0.2, 0.25) is 0 Å². The average Bonchev–Trinajstić information content (AvgIpc) is 3.10. The lowest BCUT2D eigenvalue weighted by molar-refractivity contribution is -0.429. The van der Waals surface area contributed by atoms with E-state index < -0.39 is 6.61 Å². The fourth-order valence-electron chi connectivity index (χ4n) is 1.41. The number of hydroxylamine groups is 2. The van der Waals surface area contributed by atoms with Crippen molar-refractivity contribution in [2.75, 3.05) is 6.61 Å². The van der Waals surface area contributed by atoms with Gasteiger partial charge in [0.15, 0.2) is 0 Å². The van der Waals surface area contributed by atoms with Gasteiger partial charge in [-0.25, -0.2) is 4.84 Å². The predicted molar refractivity (Wildman–Crippen MR) is 57.8 cm³/mol. The lowest BCUT2D eigenvalue weighted by Crippen LogP contribution is -2.27. The number of halogens is 2. The smallest absolute Gasteiger partial charge is 0.273 e. The third-order valence-electron chi connectivity index (χ3n) is 2.50. The first-order valence-corrected chi connectivity index (χ1v) is 5.63. The van der Waals surface area contributed by atoms with Crippen LogP contribution in [0.25, 0.3) is 0 Å². The molecule has 1 fully saturated rings. The van der Waals surface area contributed by atoms with Gasteiger partial charge in [0, 0.05) is 0 Å². The molecule has 1 aromatic carbocycles. The summed E-state index contributed by atoms with van der Waals surface area (Å²) in [4.78, 5) is 9.52. The Bertz CT molecular complexity index is 331. The molecule has 0 unspecified atom stereocenters. The van der Waals surface area contributed by atoms with Crippen LogP contribution in [-0.2, 0) is 16.2 Å². The van der Waals surface area contributed by atoms with Crippen molar-refractivity contribution in [2.24, 2.45) is 5.92 Å². The van der Waals surface area contributed by atoms with Gasteiger partial charge in [-0.1, -0.05) is 35.6 Å². The van der Waals surface area contributed by atoms with E-state index in [4.69, 9.17) is 4.84 Å². The highest BCUT2D eigenvalue weighted by molar-refractivity contribution is 5.13. The molecule has 3 nitrogen and oxygen atoms in total. The molecule has 0 N–H and O–H groups in total. The Morgan fingerprint density at radius 2 is 1.94 bits per heavy atom. The molecule has 0 saturated heterocycles. The number of nitrogens with zero attached hydrogens (tertiary/aromatic N) is 1. The third-order valence-corrected chi connectivity index (χ3v) is 2.50. The molecule has 0 aliphatic heterocycles. The zero-order chi connectivity index (χ0) is 12.1. The molecule has 0 radical (unpaired) electrons. The highest BCUT2D eigenvalue weighted by atomic mass is 19.3. The van der Waals surface area contributed by atoms with Crippen LogP contribution in [0.15, 0.2) is 30.3 Å². The fraction of sp³-hybridized carbons (Fsp3) is 0.500. The minimum Gasteiger partial charge on any atom is -0.273 e. The topological polar surface area (TPSA) is 21.7 Å². The molecule has 1 saturated carbocycles. The number of hydrogen-bond acceptors (Lipinski definition) is 3. The Morgan fingerprint density at radius 3 is 2.53 bits per heavy atom. The summed E-state index contributed by atoms with van der Waals surface area (Å²) in [6, 6.07) is 9.23. The van der Waals surface area contributed by atoms with E-state index >= 15 is 0 Å². The monoisotopic (exact) mass is 243 g/mol. The van der Waals surface area contributed by atoms with E-state index in [1.54, 1.807) is 0 Å². The standard InChI is InChI=1S/C12H15F2NO2/c13-12(14)17-15(16-9-11-6-7-11)8-10-4-2-1-3-5-10/h1-5,11-12H,6-9H2. The Hall–Kier alpha value is -1.04. The second kappa shape index (κ2) is 6.05. The van der Waals surface area contributed by atoms with E-state index in [1.165, 1.54) is 0 Å². The van der Waals surface area contributed by atoms with Gasteiger partial charge in [-0.2, -0.15) is 8.78 Å². The Morgan fingerprint density at radius 1 is 1.24 bits per heavy atom. The first-order chi connectivity index (χ1) is 8.24. The van der Waals surface area contributed by atoms with Crippen molar-refractivity contribution < 1.29 is 18.5 Å². The molecular weight excluding hydrogens is 228 g/mol. The summed E-state index contributed by atoms with van der Waals surface area (Å²) >= 11 is 0. The molecule has 1 aliphatic rings. The van der Waals surface area contributed by atoms with E-state index in [0.717, 1.165) is 23.6 Å². The number of benzene rings is 1. The minimum absolute atomic E-state index is 0.192. The van der Waals surface area contributed by atoms with Crippen molar-refractivity contribution in [1.29, 1.82) is 0 Å². The van der Waals surface area contributed by atoms with Crippen molar-refractivity contribution in [2.45, 2.75) is 26.0 Å². The van der Waals surface area contributed by atoms with Gasteiger partial charge in [0.2, 0.25) is 0 Å². The maximum Gasteiger partial charge on any atom is 0.362 e. The summed E-state index contributed by atoms with van der Waals surface area (Å²) in [5.41, 5.74) is 0.865. The predicted octanol–water partition coefficient (Wildman–Crippen LogP) is 2.98. The number of alkyl halides is 2. The van der Waals surface area contributed by atoms with Crippen LogP contribution < -0.4 is 0 Å². The normalized spacial score (nSPS) is 15.8. The first-order valence-electron chi connectivity index (χ1n) is 5.63. The Balaban J connectivity index is 1.84. The summed E-state index contributed by atoms with van der Waals surface area (Å²) in [5.74, 6) is 0.495. The van der Waals surface area contributed by atoms with Crippen molar-refractivity contribution in [3.8, 4) is 0 Å². The molecule has 0 bridgehead atoms. The van der Waals surface area contributed by atoms with E-state index in [1.807, 2.05) is 30.3 Å². The summed E-state index contributed by atoms with van der Waals surface area (Å²) in [7, 11) is 0. The molecule has 0 aromatic heterocycles. The highest BCUT2D eigenvalue weighted by Gasteiger charge is 2.24. The number of rotatable bonds is 7. The van der Waals surface area contributed by atoms with Crippen LogP contribution in [0.5, 0.6) is 0 Å². The summed E-state index contributed by atoms with van der Waals surface area (Å²) in [5, 5.41) is 0.873. The second-order valence-corrected chi connectivity index (χ2v) is 4.08. The molecule has 17 heavy (non-hydrogen) atoms. The van der Waals surface area contributed by atoms with Gasteiger partial charge in [0.1, 0.15) is 0 Å². The summed E-state index contributed by atoms with van der Waals surface area (Å²) < 4.78 is 24.4. The minimum atomic E-state index is -2.86. The molecule has 0 atom stereocenters. The van der Waals surface area contributed by atoms with Gasteiger partial charge in [-0.15, -0.1) is 0 Å². The summed E-state index contributed by atoms with van der Waals surface area (Å²) in [6.07, 6.45) is 2.21. The van der Waals surface area contributed by atoms with Crippen molar-refractivity contribution >= 4 is 0 Å². The zero-order valence-electron chi connectivity index (χ0n) is 9.39. The summed E-state index contributed by atoms with van der Waals surface area (Å²) in [6.45, 7) is -2.23. The van der Waals surface area contributed by atoms with Crippen LogP contribution in [0.3, 0.4) is 0 Å². The maximum absolute atomic E-state index is 12.2. The van der Waals surface area contributed by atoms with E-state index in [-0.39, 0.29) is 6.54 Å². The van der Waals surface area contributed by atoms with Gasteiger partial charge in [0.05, 0.1) is 13.2 Å². The second-order valence-electron chi connectivity index (χ2n) is 4.08. The average molecular weight is 243 g/mol. The maximum atomic E-state index is 12.2. The van der Waals surface area contributed by atoms with Gasteiger partial charge in [-0.3, -0.25) is 4.84 Å². The Labute approximate surface area is 98.8 Å². The zero-order valence-corrected chi connectivity index (χ0v) is 9.39. The van der Waals surface area contributed by atoms with E-state index in [0.29, 0.717) is 12.5 Å². The van der Waals surface area contributed by atoms with Crippen molar-refractivity contribution in [1.82, 2.24) is 5.23 Å². The van der Waals surface area contributed by atoms with Gasteiger partial charge in [0.25, 0.3) is 0 Å². The largest absolute Gasteiger partial charge is 0.362 e. The molecule has 2 rings (SSSR count). The van der Waals surface area contributed by atoms with Crippen LogP contribution in [0.1, 0.15) is 18.4 Å². The molecule has 5 heteroatoms. The molecular formula is C12H15F2NO2. The first kappa shape index (κ1) is 12.4.